The number of rotatable bonds is 5. The van der Waals surface area contributed by atoms with Gasteiger partial charge in [0.1, 0.15) is 17.1 Å². The summed E-state index contributed by atoms with van der Waals surface area (Å²) < 4.78 is 5.72. The van der Waals surface area contributed by atoms with Crippen LogP contribution in [-0.2, 0) is 0 Å². The van der Waals surface area contributed by atoms with Crippen LogP contribution in [0.4, 0.5) is 28.8 Å². The number of nitrogens with one attached hydrogen (secondary N) is 2. The van der Waals surface area contributed by atoms with Crippen molar-refractivity contribution in [3.8, 4) is 5.75 Å². The number of carbonyl (C=O) groups is 1. The van der Waals surface area contributed by atoms with Gasteiger partial charge in [0.15, 0.2) is 0 Å². The van der Waals surface area contributed by atoms with Gasteiger partial charge >= 0.3 is 0 Å². The molecule has 1 amide bonds. The van der Waals surface area contributed by atoms with Crippen molar-refractivity contribution in [1.82, 2.24) is 15.3 Å². The molecule has 36 heavy (non-hydrogen) atoms. The van der Waals surface area contributed by atoms with Crippen molar-refractivity contribution >= 4 is 57.9 Å². The van der Waals surface area contributed by atoms with Gasteiger partial charge in [0, 0.05) is 50.2 Å². The largest absolute Gasteiger partial charge is 0.495 e. The minimum atomic E-state index is -0.259. The number of nitrogens with zero attached hydrogens (tertiary/aromatic N) is 5. The first-order chi connectivity index (χ1) is 17.4. The van der Waals surface area contributed by atoms with E-state index in [0.717, 1.165) is 30.2 Å². The lowest BCUT2D eigenvalue weighted by Crippen LogP contribution is -2.46. The maximum absolute atomic E-state index is 13.3. The van der Waals surface area contributed by atoms with E-state index in [4.69, 9.17) is 27.9 Å². The zero-order valence-corrected chi connectivity index (χ0v) is 21.3. The van der Waals surface area contributed by atoms with Gasteiger partial charge in [-0.2, -0.15) is 4.98 Å². The molecule has 2 atom stereocenters. The number of fused-ring (bicyclic) bond motifs is 3. The van der Waals surface area contributed by atoms with Gasteiger partial charge in [0.25, 0.3) is 5.91 Å². The third-order valence-corrected chi connectivity index (χ3v) is 7.58. The normalized spacial score (nSPS) is 20.7. The lowest BCUT2D eigenvalue weighted by atomic mass is 10.2. The summed E-state index contributed by atoms with van der Waals surface area (Å²) in [7, 11) is 3.54. The van der Waals surface area contributed by atoms with Gasteiger partial charge in [-0.25, -0.2) is 4.98 Å². The van der Waals surface area contributed by atoms with Crippen LogP contribution < -0.4 is 30.1 Å². The molecule has 2 unspecified atom stereocenters. The highest BCUT2D eigenvalue weighted by atomic mass is 35.5. The van der Waals surface area contributed by atoms with Crippen LogP contribution in [0.25, 0.3) is 0 Å². The molecule has 11 heteroatoms. The molecule has 0 saturated carbocycles. The first-order valence-electron chi connectivity index (χ1n) is 11.7. The number of para-hydroxylation sites is 1. The lowest BCUT2D eigenvalue weighted by Gasteiger charge is -2.35. The first-order valence-corrected chi connectivity index (χ1v) is 12.5. The molecular formula is C25H25Cl2N7O2. The summed E-state index contributed by atoms with van der Waals surface area (Å²) >= 11 is 12.7. The van der Waals surface area contributed by atoms with E-state index < -0.39 is 0 Å². The molecule has 0 radical (unpaired) electrons. The summed E-state index contributed by atoms with van der Waals surface area (Å²) in [4.78, 5) is 28.1. The van der Waals surface area contributed by atoms with E-state index in [9.17, 15) is 4.79 Å². The second kappa shape index (κ2) is 8.99. The Kier molecular flexibility index (Phi) is 5.78. The predicted octanol–water partition coefficient (Wildman–Crippen LogP) is 4.14. The van der Waals surface area contributed by atoms with Crippen LogP contribution in [0, 0.1) is 0 Å². The lowest BCUT2D eigenvalue weighted by molar-refractivity contribution is 0.0982. The molecule has 0 aliphatic carbocycles. The number of aromatic nitrogens is 2. The van der Waals surface area contributed by atoms with Crippen LogP contribution in [0.3, 0.4) is 0 Å². The fourth-order valence-corrected chi connectivity index (χ4v) is 5.86. The Bertz CT molecular complexity index is 1330. The third kappa shape index (κ3) is 3.87. The van der Waals surface area contributed by atoms with E-state index in [1.165, 1.54) is 17.5 Å². The van der Waals surface area contributed by atoms with Crippen molar-refractivity contribution in [2.45, 2.75) is 18.5 Å². The van der Waals surface area contributed by atoms with Gasteiger partial charge in [-0.05, 0) is 30.7 Å². The number of anilines is 5. The first kappa shape index (κ1) is 23.1. The molecule has 4 heterocycles. The average Bonchev–Trinajstić information content (AvgIpc) is 3.51. The third-order valence-electron chi connectivity index (χ3n) is 6.97. The van der Waals surface area contributed by atoms with Gasteiger partial charge in [0.2, 0.25) is 5.95 Å². The van der Waals surface area contributed by atoms with E-state index in [-0.39, 0.29) is 12.6 Å². The van der Waals surface area contributed by atoms with Gasteiger partial charge in [-0.15, -0.1) is 0 Å². The molecule has 3 aliphatic rings. The molecule has 2 aromatic carbocycles. The fourth-order valence-electron chi connectivity index (χ4n) is 5.26. The van der Waals surface area contributed by atoms with Crippen LogP contribution in [0.2, 0.25) is 10.0 Å². The highest BCUT2D eigenvalue weighted by molar-refractivity contribution is 6.40. The van der Waals surface area contributed by atoms with Gasteiger partial charge in [-0.3, -0.25) is 9.69 Å². The standard InChI is InChI=1S/C25H25Cl2N7O2/c1-32-13-34(22-18(26)4-3-5-19(22)27)24(35)17-11-29-25(31-23(17)32)30-14-6-7-20(21(9-14)36-2)33-12-15-8-16(33)10-28-15/h3-7,9,11,15-16,28H,8,10,12-13H2,1-2H3,(H,29,30,31). The smallest absolute Gasteiger partial charge is 0.265 e. The molecule has 0 spiro atoms. The van der Waals surface area contributed by atoms with Gasteiger partial charge in [-0.1, -0.05) is 29.3 Å². The molecule has 3 aliphatic heterocycles. The maximum atomic E-state index is 13.3. The SMILES string of the molecule is COc1cc(Nc2ncc3c(n2)N(C)CN(c2c(Cl)cccc2Cl)C3=O)ccc1N1CC2CC1CN2. The topological polar surface area (TPSA) is 85.9 Å². The number of hydrogen-bond acceptors (Lipinski definition) is 8. The number of methoxy groups -OCH3 is 1. The second-order valence-corrected chi connectivity index (χ2v) is 10.0. The number of piperazine rings is 1. The van der Waals surface area contributed by atoms with Gasteiger partial charge < -0.3 is 25.2 Å². The molecule has 9 nitrogen and oxygen atoms in total. The molecule has 2 bridgehead atoms. The van der Waals surface area contributed by atoms with Crippen molar-refractivity contribution in [2.24, 2.45) is 0 Å². The van der Waals surface area contributed by atoms with Crippen LogP contribution in [0.5, 0.6) is 5.75 Å². The predicted molar refractivity (Wildman–Crippen MR) is 142 cm³/mol. The highest BCUT2D eigenvalue weighted by Gasteiger charge is 2.38. The van der Waals surface area contributed by atoms with Crippen LogP contribution in [-0.4, -0.2) is 61.9 Å². The molecular weight excluding hydrogens is 501 g/mol. The van der Waals surface area contributed by atoms with E-state index in [1.54, 1.807) is 25.3 Å². The second-order valence-electron chi connectivity index (χ2n) is 9.23. The fraction of sp³-hybridized carbons (Fsp3) is 0.320. The van der Waals surface area contributed by atoms with E-state index in [1.807, 2.05) is 24.1 Å². The molecule has 6 rings (SSSR count). The van der Waals surface area contributed by atoms with E-state index >= 15 is 0 Å². The summed E-state index contributed by atoms with van der Waals surface area (Å²) in [6, 6.07) is 12.2. The Morgan fingerprint density at radius 2 is 2.00 bits per heavy atom. The number of amides is 1. The quantitative estimate of drug-likeness (QED) is 0.513. The molecule has 2 saturated heterocycles. The minimum absolute atomic E-state index is 0.251. The Morgan fingerprint density at radius 3 is 2.69 bits per heavy atom. The Labute approximate surface area is 219 Å². The monoisotopic (exact) mass is 525 g/mol. The zero-order valence-electron chi connectivity index (χ0n) is 19.8. The van der Waals surface area contributed by atoms with Crippen molar-refractivity contribution in [3.63, 3.8) is 0 Å². The van der Waals surface area contributed by atoms with Crippen LogP contribution >= 0.6 is 23.2 Å². The molecule has 2 N–H and O–H groups in total. The van der Waals surface area contributed by atoms with Crippen molar-refractivity contribution < 1.29 is 9.53 Å². The maximum Gasteiger partial charge on any atom is 0.265 e. The summed E-state index contributed by atoms with van der Waals surface area (Å²) in [5.41, 5.74) is 2.73. The van der Waals surface area contributed by atoms with E-state index in [0.29, 0.717) is 45.1 Å². The van der Waals surface area contributed by atoms with Crippen LogP contribution in [0.15, 0.2) is 42.6 Å². The summed E-state index contributed by atoms with van der Waals surface area (Å²) in [6.07, 6.45) is 2.69. The summed E-state index contributed by atoms with van der Waals surface area (Å²) in [5, 5.41) is 7.59. The molecule has 1 aromatic heterocycles. The van der Waals surface area contributed by atoms with Crippen molar-refractivity contribution in [2.75, 3.05) is 53.9 Å². The highest BCUT2D eigenvalue weighted by Crippen LogP contribution is 2.39. The summed E-state index contributed by atoms with van der Waals surface area (Å²) in [6.45, 7) is 2.24. The average molecular weight is 526 g/mol. The Morgan fingerprint density at radius 1 is 1.19 bits per heavy atom. The zero-order chi connectivity index (χ0) is 25.0. The van der Waals surface area contributed by atoms with Crippen LogP contribution in [0.1, 0.15) is 16.8 Å². The Hall–Kier alpha value is -3.27. The van der Waals surface area contributed by atoms with E-state index in [2.05, 4.69) is 31.6 Å². The Balaban J connectivity index is 1.25. The van der Waals surface area contributed by atoms with Crippen molar-refractivity contribution in [1.29, 1.82) is 0 Å². The number of carbonyl (C=O) groups excluding carboxylic acids is 1. The number of benzene rings is 2. The minimum Gasteiger partial charge on any atom is -0.495 e. The molecule has 3 aromatic rings. The number of ether oxygens (including phenoxy) is 1. The molecule has 186 valence electrons. The van der Waals surface area contributed by atoms with Crippen molar-refractivity contribution in [3.05, 3.63) is 58.2 Å². The number of hydrogen-bond donors (Lipinski definition) is 2. The molecule has 2 fully saturated rings. The van der Waals surface area contributed by atoms with Gasteiger partial charge in [0.05, 0.1) is 35.2 Å². The number of halogens is 2. The summed E-state index contributed by atoms with van der Waals surface area (Å²) in [5.74, 6) is 1.45.